The predicted molar refractivity (Wildman–Crippen MR) is 104 cm³/mol. The molecule has 3 heteroatoms. The van der Waals surface area contributed by atoms with Gasteiger partial charge in [0.1, 0.15) is 0 Å². The second kappa shape index (κ2) is 20.2. The molecule has 0 aliphatic heterocycles. The smallest absolute Gasteiger partial charge is 0.319 e. The average molecular weight is 340 g/mol. The van der Waals surface area contributed by atoms with Crippen molar-refractivity contribution in [1.82, 2.24) is 5.32 Å². The molecular weight excluding hydrogens is 298 g/mol. The minimum absolute atomic E-state index is 0.148. The molecule has 0 aliphatic carbocycles. The largest absolute Gasteiger partial charge is 0.465 e. The van der Waals surface area contributed by atoms with Gasteiger partial charge in [0.05, 0.1) is 13.2 Å². The van der Waals surface area contributed by atoms with Gasteiger partial charge in [0, 0.05) is 0 Å². The molecule has 0 amide bonds. The highest BCUT2D eigenvalue weighted by atomic mass is 16.5. The maximum absolute atomic E-state index is 11.1. The maximum Gasteiger partial charge on any atom is 0.319 e. The third-order valence-corrected chi connectivity index (χ3v) is 4.24. The summed E-state index contributed by atoms with van der Waals surface area (Å²) in [5.74, 6) is -0.148. The number of allylic oxidation sites excluding steroid dienone is 2. The van der Waals surface area contributed by atoms with E-state index in [-0.39, 0.29) is 5.97 Å². The van der Waals surface area contributed by atoms with E-state index in [9.17, 15) is 4.79 Å². The number of hydrogen-bond acceptors (Lipinski definition) is 3. The summed E-state index contributed by atoms with van der Waals surface area (Å²) < 4.78 is 5.09. The molecule has 0 aromatic carbocycles. The first-order valence-electron chi connectivity index (χ1n) is 10.3. The molecule has 0 aromatic rings. The minimum Gasteiger partial charge on any atom is -0.465 e. The van der Waals surface area contributed by atoms with Crippen LogP contribution in [0.15, 0.2) is 12.2 Å². The fourth-order valence-electron chi connectivity index (χ4n) is 2.73. The summed E-state index contributed by atoms with van der Waals surface area (Å²) in [5.41, 5.74) is 0. The van der Waals surface area contributed by atoms with Crippen LogP contribution in [0.5, 0.6) is 0 Å². The SMILES string of the molecule is CCCCCCCC/C=C\CCCCCCCCOC(=O)CNC. The van der Waals surface area contributed by atoms with Gasteiger partial charge in [-0.05, 0) is 39.2 Å². The zero-order chi connectivity index (χ0) is 17.7. The normalized spacial score (nSPS) is 11.2. The molecule has 1 N–H and O–H groups in total. The Morgan fingerprint density at radius 2 is 1.29 bits per heavy atom. The first-order valence-corrected chi connectivity index (χ1v) is 10.3. The van der Waals surface area contributed by atoms with E-state index in [4.69, 9.17) is 4.74 Å². The summed E-state index contributed by atoms with van der Waals surface area (Å²) in [6.45, 7) is 3.15. The highest BCUT2D eigenvalue weighted by Gasteiger charge is 1.99. The molecule has 142 valence electrons. The van der Waals surface area contributed by atoms with Gasteiger partial charge in [0.2, 0.25) is 0 Å². The monoisotopic (exact) mass is 339 g/mol. The van der Waals surface area contributed by atoms with Crippen LogP contribution in [0.3, 0.4) is 0 Å². The quantitative estimate of drug-likeness (QED) is 0.195. The molecule has 0 saturated heterocycles. The van der Waals surface area contributed by atoms with Crippen LogP contribution in [0.25, 0.3) is 0 Å². The highest BCUT2D eigenvalue weighted by Crippen LogP contribution is 2.09. The van der Waals surface area contributed by atoms with Crippen molar-refractivity contribution in [3.05, 3.63) is 12.2 Å². The number of esters is 1. The summed E-state index contributed by atoms with van der Waals surface area (Å²) in [7, 11) is 1.76. The first kappa shape index (κ1) is 23.2. The van der Waals surface area contributed by atoms with E-state index < -0.39 is 0 Å². The molecule has 0 radical (unpaired) electrons. The molecule has 0 rings (SSSR count). The summed E-state index contributed by atoms with van der Waals surface area (Å²) in [6, 6.07) is 0. The summed E-state index contributed by atoms with van der Waals surface area (Å²) >= 11 is 0. The zero-order valence-corrected chi connectivity index (χ0v) is 16.3. The molecule has 0 aromatic heterocycles. The van der Waals surface area contributed by atoms with Crippen LogP contribution in [0.1, 0.15) is 96.8 Å². The van der Waals surface area contributed by atoms with Crippen LogP contribution in [-0.4, -0.2) is 26.2 Å². The van der Waals surface area contributed by atoms with Gasteiger partial charge in [-0.25, -0.2) is 0 Å². The van der Waals surface area contributed by atoms with Crippen LogP contribution in [-0.2, 0) is 9.53 Å². The number of ether oxygens (including phenoxy) is 1. The number of nitrogens with one attached hydrogen (secondary N) is 1. The maximum atomic E-state index is 11.1. The lowest BCUT2D eigenvalue weighted by Gasteiger charge is -2.04. The fraction of sp³-hybridized carbons (Fsp3) is 0.857. The second-order valence-corrected chi connectivity index (χ2v) is 6.69. The summed E-state index contributed by atoms with van der Waals surface area (Å²) in [5, 5.41) is 2.79. The third-order valence-electron chi connectivity index (χ3n) is 4.24. The van der Waals surface area contributed by atoms with Gasteiger partial charge < -0.3 is 10.1 Å². The van der Waals surface area contributed by atoms with E-state index in [0.29, 0.717) is 13.2 Å². The molecule has 0 fully saturated rings. The molecule has 3 nitrogen and oxygen atoms in total. The molecule has 0 spiro atoms. The molecular formula is C21H41NO2. The van der Waals surface area contributed by atoms with Gasteiger partial charge in [0.15, 0.2) is 0 Å². The van der Waals surface area contributed by atoms with Gasteiger partial charge in [-0.3, -0.25) is 4.79 Å². The lowest BCUT2D eigenvalue weighted by molar-refractivity contribution is -0.142. The number of unbranched alkanes of at least 4 members (excludes halogenated alkanes) is 12. The Hall–Kier alpha value is -0.830. The van der Waals surface area contributed by atoms with E-state index in [1.165, 1.54) is 83.5 Å². The van der Waals surface area contributed by atoms with Gasteiger partial charge in [-0.15, -0.1) is 0 Å². The Morgan fingerprint density at radius 1 is 0.792 bits per heavy atom. The van der Waals surface area contributed by atoms with Crippen molar-refractivity contribution in [3.8, 4) is 0 Å². The lowest BCUT2D eigenvalue weighted by atomic mass is 10.1. The van der Waals surface area contributed by atoms with Crippen molar-refractivity contribution in [2.45, 2.75) is 96.8 Å². The lowest BCUT2D eigenvalue weighted by Crippen LogP contribution is -2.21. The van der Waals surface area contributed by atoms with Gasteiger partial charge >= 0.3 is 5.97 Å². The molecule has 0 bridgehead atoms. The third kappa shape index (κ3) is 19.2. The zero-order valence-electron chi connectivity index (χ0n) is 16.3. The van der Waals surface area contributed by atoms with Crippen molar-refractivity contribution in [2.24, 2.45) is 0 Å². The van der Waals surface area contributed by atoms with Crippen molar-refractivity contribution in [2.75, 3.05) is 20.2 Å². The van der Waals surface area contributed by atoms with Crippen LogP contribution in [0, 0.1) is 0 Å². The van der Waals surface area contributed by atoms with Crippen molar-refractivity contribution >= 4 is 5.97 Å². The standard InChI is InChI=1S/C21H41NO2/c1-3-4-5-6-7-8-9-10-11-12-13-14-15-16-17-18-19-24-21(23)20-22-2/h10-11,22H,3-9,12-20H2,1-2H3/b11-10-. The molecule has 0 heterocycles. The van der Waals surface area contributed by atoms with Crippen LogP contribution < -0.4 is 5.32 Å². The second-order valence-electron chi connectivity index (χ2n) is 6.69. The number of hydrogen-bond donors (Lipinski definition) is 1. The Kier molecular flexibility index (Phi) is 19.5. The molecule has 0 saturated carbocycles. The van der Waals surface area contributed by atoms with Crippen molar-refractivity contribution < 1.29 is 9.53 Å². The van der Waals surface area contributed by atoms with Gasteiger partial charge in [0.25, 0.3) is 0 Å². The average Bonchev–Trinajstić information content (AvgIpc) is 2.58. The Morgan fingerprint density at radius 3 is 1.83 bits per heavy atom. The Balaban J connectivity index is 3.11. The van der Waals surface area contributed by atoms with Crippen molar-refractivity contribution in [3.63, 3.8) is 0 Å². The summed E-state index contributed by atoms with van der Waals surface area (Å²) in [6.07, 6.45) is 22.9. The Bertz CT molecular complexity index is 290. The first-order chi connectivity index (χ1) is 11.8. The number of rotatable bonds is 18. The van der Waals surface area contributed by atoms with Gasteiger partial charge in [-0.1, -0.05) is 76.9 Å². The molecule has 24 heavy (non-hydrogen) atoms. The number of likely N-dealkylation sites (N-methyl/N-ethyl adjacent to an activating group) is 1. The van der Waals surface area contributed by atoms with Crippen LogP contribution in [0.2, 0.25) is 0 Å². The van der Waals surface area contributed by atoms with E-state index in [1.807, 2.05) is 0 Å². The number of carbonyl (C=O) groups excluding carboxylic acids is 1. The van der Waals surface area contributed by atoms with Gasteiger partial charge in [-0.2, -0.15) is 0 Å². The molecule has 0 atom stereocenters. The molecule has 0 unspecified atom stereocenters. The van der Waals surface area contributed by atoms with Crippen molar-refractivity contribution in [1.29, 1.82) is 0 Å². The predicted octanol–water partition coefficient (Wildman–Crippen LogP) is 5.79. The topological polar surface area (TPSA) is 38.3 Å². The molecule has 0 aliphatic rings. The fourth-order valence-corrected chi connectivity index (χ4v) is 2.73. The van der Waals surface area contributed by atoms with E-state index in [1.54, 1.807) is 7.05 Å². The highest BCUT2D eigenvalue weighted by molar-refractivity contribution is 5.71. The van der Waals surface area contributed by atoms with Crippen LogP contribution >= 0.6 is 0 Å². The van der Waals surface area contributed by atoms with E-state index >= 15 is 0 Å². The minimum atomic E-state index is -0.148. The summed E-state index contributed by atoms with van der Waals surface area (Å²) in [4.78, 5) is 11.1. The van der Waals surface area contributed by atoms with E-state index in [0.717, 1.165) is 6.42 Å². The Labute approximate surface area is 150 Å². The van der Waals surface area contributed by atoms with Crippen LogP contribution in [0.4, 0.5) is 0 Å². The number of carbonyl (C=O) groups is 1. The van der Waals surface area contributed by atoms with E-state index in [2.05, 4.69) is 24.4 Å².